The van der Waals surface area contributed by atoms with Crippen molar-refractivity contribution in [3.05, 3.63) is 94.6 Å². The number of hydrogen-bond acceptors (Lipinski definition) is 6. The number of likely N-dealkylation sites (tertiary alicyclic amines) is 1. The summed E-state index contributed by atoms with van der Waals surface area (Å²) >= 11 is 0. The molecule has 5 rings (SSSR count). The quantitative estimate of drug-likeness (QED) is 0.266. The molecular weight excluding hydrogens is 470 g/mol. The summed E-state index contributed by atoms with van der Waals surface area (Å²) < 4.78 is 17.2. The van der Waals surface area contributed by atoms with Crippen molar-refractivity contribution in [3.63, 3.8) is 0 Å². The maximum absolute atomic E-state index is 13.2. The molecule has 2 heterocycles. The summed E-state index contributed by atoms with van der Waals surface area (Å²) in [6, 6.07) is 19.7. The van der Waals surface area contributed by atoms with E-state index in [9.17, 15) is 14.7 Å². The fraction of sp³-hybridized carbons (Fsp3) is 0.267. The summed E-state index contributed by atoms with van der Waals surface area (Å²) in [5, 5.41) is 11.3. The molecular formula is C30H29NO6. The van der Waals surface area contributed by atoms with Crippen LogP contribution in [-0.2, 0) is 22.6 Å². The van der Waals surface area contributed by atoms with Crippen molar-refractivity contribution in [2.75, 3.05) is 20.3 Å². The summed E-state index contributed by atoms with van der Waals surface area (Å²) in [4.78, 5) is 27.8. The molecule has 0 bridgehead atoms. The van der Waals surface area contributed by atoms with Crippen LogP contribution in [0.5, 0.6) is 17.2 Å². The van der Waals surface area contributed by atoms with Crippen molar-refractivity contribution in [3.8, 4) is 17.2 Å². The van der Waals surface area contributed by atoms with E-state index < -0.39 is 17.7 Å². The SMILES string of the molecule is CCCN1C(=O)C(=O)/C(=C(/O)c2ccc3c(c2)CCO3)C1c1ccc(OCc2ccccc2)c(OC)c1. The highest BCUT2D eigenvalue weighted by atomic mass is 16.5. The Kier molecular flexibility index (Phi) is 6.86. The van der Waals surface area contributed by atoms with Crippen LogP contribution in [0.2, 0.25) is 0 Å². The average Bonchev–Trinajstić information content (AvgIpc) is 3.50. The van der Waals surface area contributed by atoms with Crippen LogP contribution in [0.25, 0.3) is 5.76 Å². The Morgan fingerprint density at radius 3 is 2.62 bits per heavy atom. The second kappa shape index (κ2) is 10.4. The smallest absolute Gasteiger partial charge is 0.295 e. The molecule has 7 nitrogen and oxygen atoms in total. The zero-order chi connectivity index (χ0) is 25.9. The fourth-order valence-electron chi connectivity index (χ4n) is 4.90. The van der Waals surface area contributed by atoms with Crippen LogP contribution in [0.15, 0.2) is 72.3 Å². The minimum Gasteiger partial charge on any atom is -0.507 e. The van der Waals surface area contributed by atoms with Gasteiger partial charge in [-0.1, -0.05) is 43.3 Å². The summed E-state index contributed by atoms with van der Waals surface area (Å²) in [6.45, 7) is 3.27. The Bertz CT molecular complexity index is 1360. The van der Waals surface area contributed by atoms with E-state index in [-0.39, 0.29) is 11.3 Å². The van der Waals surface area contributed by atoms with Gasteiger partial charge in [-0.25, -0.2) is 0 Å². The zero-order valence-corrected chi connectivity index (χ0v) is 20.9. The van der Waals surface area contributed by atoms with E-state index in [1.807, 2.05) is 49.4 Å². The predicted octanol–water partition coefficient (Wildman–Crippen LogP) is 5.04. The van der Waals surface area contributed by atoms with E-state index in [0.29, 0.717) is 48.8 Å². The topological polar surface area (TPSA) is 85.3 Å². The number of rotatable bonds is 8. The maximum atomic E-state index is 13.2. The van der Waals surface area contributed by atoms with Gasteiger partial charge in [-0.2, -0.15) is 0 Å². The van der Waals surface area contributed by atoms with Gasteiger partial charge in [0.05, 0.1) is 25.3 Å². The number of nitrogens with zero attached hydrogens (tertiary/aromatic N) is 1. The number of aliphatic hydroxyl groups is 1. The lowest BCUT2D eigenvalue weighted by atomic mass is 9.94. The molecule has 7 heteroatoms. The summed E-state index contributed by atoms with van der Waals surface area (Å²) in [5.41, 5.74) is 3.19. The van der Waals surface area contributed by atoms with Crippen LogP contribution >= 0.6 is 0 Å². The molecule has 1 N–H and O–H groups in total. The maximum Gasteiger partial charge on any atom is 0.295 e. The summed E-state index contributed by atoms with van der Waals surface area (Å²) in [7, 11) is 1.55. The largest absolute Gasteiger partial charge is 0.507 e. The number of methoxy groups -OCH3 is 1. The molecule has 1 saturated heterocycles. The molecule has 0 aliphatic carbocycles. The highest BCUT2D eigenvalue weighted by molar-refractivity contribution is 6.46. The van der Waals surface area contributed by atoms with Gasteiger partial charge in [-0.15, -0.1) is 0 Å². The van der Waals surface area contributed by atoms with Gasteiger partial charge in [0.2, 0.25) is 0 Å². The van der Waals surface area contributed by atoms with Gasteiger partial charge in [-0.05, 0) is 53.4 Å². The van der Waals surface area contributed by atoms with Crippen molar-refractivity contribution in [1.82, 2.24) is 4.90 Å². The molecule has 190 valence electrons. The van der Waals surface area contributed by atoms with E-state index in [0.717, 1.165) is 23.3 Å². The van der Waals surface area contributed by atoms with E-state index in [4.69, 9.17) is 14.2 Å². The second-order valence-electron chi connectivity index (χ2n) is 9.10. The molecule has 0 saturated carbocycles. The predicted molar refractivity (Wildman–Crippen MR) is 139 cm³/mol. The van der Waals surface area contributed by atoms with Gasteiger partial charge in [0, 0.05) is 18.5 Å². The Morgan fingerprint density at radius 2 is 1.86 bits per heavy atom. The third-order valence-electron chi connectivity index (χ3n) is 6.71. The zero-order valence-electron chi connectivity index (χ0n) is 20.9. The van der Waals surface area contributed by atoms with Gasteiger partial charge >= 0.3 is 0 Å². The first-order chi connectivity index (χ1) is 18.0. The van der Waals surface area contributed by atoms with Crippen LogP contribution in [0.3, 0.4) is 0 Å². The normalized spacial score (nSPS) is 18.0. The molecule has 3 aromatic rings. The third-order valence-corrected chi connectivity index (χ3v) is 6.71. The van der Waals surface area contributed by atoms with Gasteiger partial charge in [0.15, 0.2) is 11.5 Å². The van der Waals surface area contributed by atoms with Crippen LogP contribution in [0.1, 0.15) is 41.6 Å². The lowest BCUT2D eigenvalue weighted by Gasteiger charge is -2.25. The Hall–Kier alpha value is -4.26. The molecule has 0 spiro atoms. The molecule has 1 atom stereocenters. The second-order valence-corrected chi connectivity index (χ2v) is 9.10. The molecule has 2 aliphatic rings. The van der Waals surface area contributed by atoms with E-state index in [1.165, 1.54) is 4.90 Å². The fourth-order valence-corrected chi connectivity index (χ4v) is 4.90. The number of aliphatic hydroxyl groups excluding tert-OH is 1. The van der Waals surface area contributed by atoms with Crippen LogP contribution in [0.4, 0.5) is 0 Å². The molecule has 1 fully saturated rings. The number of hydrogen-bond donors (Lipinski definition) is 1. The van der Waals surface area contributed by atoms with Gasteiger partial charge in [0.1, 0.15) is 18.1 Å². The third kappa shape index (κ3) is 4.65. The summed E-state index contributed by atoms with van der Waals surface area (Å²) in [6.07, 6.45) is 1.39. The van der Waals surface area contributed by atoms with Gasteiger partial charge < -0.3 is 24.2 Å². The van der Waals surface area contributed by atoms with E-state index in [1.54, 1.807) is 31.4 Å². The van der Waals surface area contributed by atoms with Crippen LogP contribution < -0.4 is 14.2 Å². The molecule has 1 amide bonds. The first-order valence-electron chi connectivity index (χ1n) is 12.4. The lowest BCUT2D eigenvalue weighted by molar-refractivity contribution is -0.139. The minimum absolute atomic E-state index is 0.0670. The highest BCUT2D eigenvalue weighted by Crippen LogP contribution is 2.42. The molecule has 0 radical (unpaired) electrons. The number of ketones is 1. The number of fused-ring (bicyclic) bond motifs is 1. The van der Waals surface area contributed by atoms with Gasteiger partial charge in [-0.3, -0.25) is 9.59 Å². The number of carbonyl (C=O) groups is 2. The van der Waals surface area contributed by atoms with E-state index >= 15 is 0 Å². The molecule has 3 aromatic carbocycles. The van der Waals surface area contributed by atoms with Crippen molar-refractivity contribution in [1.29, 1.82) is 0 Å². The van der Waals surface area contributed by atoms with Crippen molar-refractivity contribution >= 4 is 17.4 Å². The van der Waals surface area contributed by atoms with E-state index in [2.05, 4.69) is 0 Å². The highest BCUT2D eigenvalue weighted by Gasteiger charge is 2.46. The lowest BCUT2D eigenvalue weighted by Crippen LogP contribution is -2.30. The number of Topliss-reactive ketones (excluding diaryl/α,β-unsaturated/α-hetero) is 1. The first kappa shape index (κ1) is 24.4. The number of benzene rings is 3. The molecule has 2 aliphatic heterocycles. The Balaban J connectivity index is 1.54. The standard InChI is InChI=1S/C30H29NO6/c1-3-14-31-27(21-9-12-24(25(17-21)35-2)37-18-19-7-5-4-6-8-19)26(29(33)30(31)34)28(32)22-10-11-23-20(16-22)13-15-36-23/h4-12,16-17,27,32H,3,13-15,18H2,1-2H3/b28-26+. The van der Waals surface area contributed by atoms with Crippen molar-refractivity contribution < 1.29 is 28.9 Å². The molecule has 0 aromatic heterocycles. The van der Waals surface area contributed by atoms with Crippen molar-refractivity contribution in [2.24, 2.45) is 0 Å². The monoisotopic (exact) mass is 499 g/mol. The van der Waals surface area contributed by atoms with Crippen molar-refractivity contribution in [2.45, 2.75) is 32.4 Å². The average molecular weight is 500 g/mol. The first-order valence-corrected chi connectivity index (χ1v) is 12.4. The summed E-state index contributed by atoms with van der Waals surface area (Å²) in [5.74, 6) is 0.277. The Morgan fingerprint density at radius 1 is 1.05 bits per heavy atom. The minimum atomic E-state index is -0.749. The molecule has 1 unspecified atom stereocenters. The Labute approximate surface area is 215 Å². The number of amides is 1. The van der Waals surface area contributed by atoms with Crippen LogP contribution in [-0.4, -0.2) is 42.0 Å². The number of carbonyl (C=O) groups excluding carboxylic acids is 2. The molecule has 37 heavy (non-hydrogen) atoms. The van der Waals surface area contributed by atoms with Gasteiger partial charge in [0.25, 0.3) is 11.7 Å². The number of ether oxygens (including phenoxy) is 3. The van der Waals surface area contributed by atoms with Crippen LogP contribution in [0, 0.1) is 0 Å².